The number of nitrogens with one attached hydrogen (secondary N) is 1. The molecule has 0 saturated heterocycles. The molecule has 0 amide bonds. The number of hydrogen-bond acceptors (Lipinski definition) is 3. The van der Waals surface area contributed by atoms with E-state index in [1.807, 2.05) is 0 Å². The number of thiophene rings is 1. The highest BCUT2D eigenvalue weighted by atomic mass is 79.9. The SMILES string of the molecule is CC(CN)CCCNCc1sccc1Br. The van der Waals surface area contributed by atoms with E-state index in [1.165, 1.54) is 22.2 Å². The summed E-state index contributed by atoms with van der Waals surface area (Å²) in [6.07, 6.45) is 2.43. The summed E-state index contributed by atoms with van der Waals surface area (Å²) >= 11 is 5.31. The van der Waals surface area contributed by atoms with Crippen LogP contribution in [0.25, 0.3) is 0 Å². The molecule has 1 heterocycles. The minimum atomic E-state index is 0.653. The molecule has 2 nitrogen and oxygen atoms in total. The number of nitrogens with two attached hydrogens (primary N) is 1. The van der Waals surface area contributed by atoms with Crippen LogP contribution in [0.1, 0.15) is 24.6 Å². The summed E-state index contributed by atoms with van der Waals surface area (Å²) in [7, 11) is 0. The van der Waals surface area contributed by atoms with E-state index in [1.54, 1.807) is 11.3 Å². The van der Waals surface area contributed by atoms with Gasteiger partial charge in [0.05, 0.1) is 0 Å². The molecule has 86 valence electrons. The smallest absolute Gasteiger partial charge is 0.0327 e. The Labute approximate surface area is 104 Å². The first-order chi connectivity index (χ1) is 7.24. The van der Waals surface area contributed by atoms with Gasteiger partial charge in [-0.05, 0) is 59.2 Å². The van der Waals surface area contributed by atoms with Crippen LogP contribution in [-0.4, -0.2) is 13.1 Å². The van der Waals surface area contributed by atoms with Gasteiger partial charge in [-0.15, -0.1) is 11.3 Å². The summed E-state index contributed by atoms with van der Waals surface area (Å²) in [5.74, 6) is 0.653. The molecule has 1 unspecified atom stereocenters. The third-order valence-corrected chi connectivity index (χ3v) is 4.36. The number of halogens is 1. The Morgan fingerprint density at radius 1 is 1.60 bits per heavy atom. The molecular formula is C11H19BrN2S. The van der Waals surface area contributed by atoms with Crippen molar-refractivity contribution >= 4 is 27.3 Å². The molecule has 0 aliphatic heterocycles. The van der Waals surface area contributed by atoms with Crippen molar-refractivity contribution in [2.75, 3.05) is 13.1 Å². The van der Waals surface area contributed by atoms with Crippen LogP contribution >= 0.6 is 27.3 Å². The Kier molecular flexibility index (Phi) is 6.48. The summed E-state index contributed by atoms with van der Waals surface area (Å²) in [5, 5.41) is 5.56. The third kappa shape index (κ3) is 5.11. The van der Waals surface area contributed by atoms with Crippen molar-refractivity contribution in [2.45, 2.75) is 26.3 Å². The average molecular weight is 291 g/mol. The molecule has 15 heavy (non-hydrogen) atoms. The van der Waals surface area contributed by atoms with E-state index >= 15 is 0 Å². The summed E-state index contributed by atoms with van der Waals surface area (Å²) in [5.41, 5.74) is 5.56. The van der Waals surface area contributed by atoms with Gasteiger partial charge >= 0.3 is 0 Å². The third-order valence-electron chi connectivity index (χ3n) is 2.43. The highest BCUT2D eigenvalue weighted by Gasteiger charge is 2.01. The topological polar surface area (TPSA) is 38.0 Å². The van der Waals surface area contributed by atoms with Crippen molar-refractivity contribution < 1.29 is 0 Å². The average Bonchev–Trinajstić information content (AvgIpc) is 2.63. The Morgan fingerprint density at radius 2 is 2.40 bits per heavy atom. The molecule has 4 heteroatoms. The highest BCUT2D eigenvalue weighted by Crippen LogP contribution is 2.22. The van der Waals surface area contributed by atoms with Crippen molar-refractivity contribution in [1.82, 2.24) is 5.32 Å². The lowest BCUT2D eigenvalue weighted by Gasteiger charge is -2.08. The molecule has 0 radical (unpaired) electrons. The molecule has 0 aliphatic carbocycles. The van der Waals surface area contributed by atoms with Gasteiger partial charge < -0.3 is 11.1 Å². The van der Waals surface area contributed by atoms with Crippen molar-refractivity contribution in [3.05, 3.63) is 20.8 Å². The van der Waals surface area contributed by atoms with Gasteiger partial charge in [0, 0.05) is 15.9 Å². The molecule has 3 N–H and O–H groups in total. The molecule has 1 atom stereocenters. The summed E-state index contributed by atoms with van der Waals surface area (Å²) in [6, 6.07) is 2.10. The largest absolute Gasteiger partial charge is 0.330 e. The maximum atomic E-state index is 5.56. The van der Waals surface area contributed by atoms with Crippen LogP contribution in [-0.2, 0) is 6.54 Å². The van der Waals surface area contributed by atoms with Crippen molar-refractivity contribution in [3.8, 4) is 0 Å². The zero-order chi connectivity index (χ0) is 11.1. The Morgan fingerprint density at radius 3 is 3.00 bits per heavy atom. The fraction of sp³-hybridized carbons (Fsp3) is 0.636. The van der Waals surface area contributed by atoms with Gasteiger partial charge in [0.1, 0.15) is 0 Å². The van der Waals surface area contributed by atoms with Crippen molar-refractivity contribution in [2.24, 2.45) is 11.7 Å². The molecule has 0 fully saturated rings. The fourth-order valence-electron chi connectivity index (χ4n) is 1.35. The van der Waals surface area contributed by atoms with E-state index in [0.717, 1.165) is 19.6 Å². The van der Waals surface area contributed by atoms with Crippen LogP contribution in [0.2, 0.25) is 0 Å². The molecule has 1 aromatic rings. The molecule has 0 aliphatic rings. The normalized spacial score (nSPS) is 13.0. The molecule has 0 aromatic carbocycles. The number of rotatable bonds is 7. The predicted octanol–water partition coefficient (Wildman–Crippen LogP) is 2.98. The zero-order valence-corrected chi connectivity index (χ0v) is 11.5. The summed E-state index contributed by atoms with van der Waals surface area (Å²) in [6.45, 7) is 5.05. The lowest BCUT2D eigenvalue weighted by atomic mass is 10.1. The van der Waals surface area contributed by atoms with Crippen LogP contribution in [0.3, 0.4) is 0 Å². The lowest BCUT2D eigenvalue weighted by molar-refractivity contribution is 0.502. The summed E-state index contributed by atoms with van der Waals surface area (Å²) in [4.78, 5) is 1.38. The molecule has 0 bridgehead atoms. The molecule has 1 rings (SSSR count). The van der Waals surface area contributed by atoms with E-state index in [9.17, 15) is 0 Å². The molecule has 0 spiro atoms. The lowest BCUT2D eigenvalue weighted by Crippen LogP contribution is -2.17. The van der Waals surface area contributed by atoms with Crippen LogP contribution in [0.15, 0.2) is 15.9 Å². The van der Waals surface area contributed by atoms with Crippen molar-refractivity contribution in [1.29, 1.82) is 0 Å². The molecule has 0 saturated carbocycles. The Balaban J connectivity index is 2.05. The standard InChI is InChI=1S/C11H19BrN2S/c1-9(7-13)3-2-5-14-8-11-10(12)4-6-15-11/h4,6,9,14H,2-3,5,7-8,13H2,1H3. The van der Waals surface area contributed by atoms with Crippen LogP contribution in [0.4, 0.5) is 0 Å². The fourth-order valence-corrected chi connectivity index (χ4v) is 2.81. The van der Waals surface area contributed by atoms with Gasteiger partial charge in [-0.2, -0.15) is 0 Å². The maximum absolute atomic E-state index is 5.56. The van der Waals surface area contributed by atoms with Gasteiger partial charge in [0.15, 0.2) is 0 Å². The van der Waals surface area contributed by atoms with E-state index in [2.05, 4.69) is 39.6 Å². The first-order valence-electron chi connectivity index (χ1n) is 5.36. The monoisotopic (exact) mass is 290 g/mol. The van der Waals surface area contributed by atoms with E-state index in [-0.39, 0.29) is 0 Å². The number of hydrogen-bond donors (Lipinski definition) is 2. The van der Waals surface area contributed by atoms with E-state index in [4.69, 9.17) is 5.73 Å². The Hall–Kier alpha value is 0.100. The maximum Gasteiger partial charge on any atom is 0.0327 e. The van der Waals surface area contributed by atoms with Crippen LogP contribution in [0.5, 0.6) is 0 Å². The quantitative estimate of drug-likeness (QED) is 0.758. The molecular weight excluding hydrogens is 272 g/mol. The predicted molar refractivity (Wildman–Crippen MR) is 71.2 cm³/mol. The van der Waals surface area contributed by atoms with Gasteiger partial charge in [0.25, 0.3) is 0 Å². The van der Waals surface area contributed by atoms with Gasteiger partial charge in [-0.1, -0.05) is 6.92 Å². The minimum absolute atomic E-state index is 0.653. The van der Waals surface area contributed by atoms with Gasteiger partial charge in [-0.3, -0.25) is 0 Å². The van der Waals surface area contributed by atoms with Gasteiger partial charge in [0.2, 0.25) is 0 Å². The highest BCUT2D eigenvalue weighted by molar-refractivity contribution is 9.10. The van der Waals surface area contributed by atoms with Crippen molar-refractivity contribution in [3.63, 3.8) is 0 Å². The van der Waals surface area contributed by atoms with Gasteiger partial charge in [-0.25, -0.2) is 0 Å². The second kappa shape index (κ2) is 7.39. The first kappa shape index (κ1) is 13.2. The Bertz CT molecular complexity index is 275. The minimum Gasteiger partial charge on any atom is -0.330 e. The zero-order valence-electron chi connectivity index (χ0n) is 9.13. The molecule has 1 aromatic heterocycles. The van der Waals surface area contributed by atoms with E-state index < -0.39 is 0 Å². The van der Waals surface area contributed by atoms with E-state index in [0.29, 0.717) is 5.92 Å². The second-order valence-corrected chi connectivity index (χ2v) is 5.71. The summed E-state index contributed by atoms with van der Waals surface area (Å²) < 4.78 is 1.22. The van der Waals surface area contributed by atoms with Crippen LogP contribution in [0, 0.1) is 5.92 Å². The first-order valence-corrected chi connectivity index (χ1v) is 7.04. The second-order valence-electron chi connectivity index (χ2n) is 3.85. The van der Waals surface area contributed by atoms with Crippen LogP contribution < -0.4 is 11.1 Å².